The number of hydrogen-bond donors (Lipinski definition) is 1. The van der Waals surface area contributed by atoms with Gasteiger partial charge in [-0.05, 0) is 31.2 Å². The van der Waals surface area contributed by atoms with Crippen LogP contribution < -0.4 is 9.47 Å². The van der Waals surface area contributed by atoms with Gasteiger partial charge in [-0.25, -0.2) is 0 Å². The molecule has 0 unspecified atom stereocenters. The molecule has 0 aliphatic carbocycles. The number of ether oxygens (including phenoxy) is 2. The van der Waals surface area contributed by atoms with Crippen molar-refractivity contribution in [2.75, 3.05) is 20.7 Å². The molecule has 3 heterocycles. The van der Waals surface area contributed by atoms with Gasteiger partial charge in [0.1, 0.15) is 6.10 Å². The highest BCUT2D eigenvalue weighted by Crippen LogP contribution is 2.43. The largest absolute Gasteiger partial charge is 0.493 e. The smallest absolute Gasteiger partial charge is 0.171 e. The van der Waals surface area contributed by atoms with Gasteiger partial charge in [0.15, 0.2) is 11.5 Å². The molecule has 2 aromatic rings. The van der Waals surface area contributed by atoms with Gasteiger partial charge < -0.3 is 14.5 Å². The first-order valence-corrected chi connectivity index (χ1v) is 7.23. The van der Waals surface area contributed by atoms with E-state index in [2.05, 4.69) is 36.1 Å². The summed E-state index contributed by atoms with van der Waals surface area (Å²) in [5, 5.41) is 1.19. The lowest BCUT2D eigenvalue weighted by molar-refractivity contribution is 0.130. The van der Waals surface area contributed by atoms with Crippen molar-refractivity contribution in [3.63, 3.8) is 0 Å². The maximum absolute atomic E-state index is 6.43. The predicted octanol–water partition coefficient (Wildman–Crippen LogP) is 2.43. The Morgan fingerprint density at radius 2 is 2.25 bits per heavy atom. The summed E-state index contributed by atoms with van der Waals surface area (Å²) < 4.78 is 11.9. The van der Waals surface area contributed by atoms with Crippen LogP contribution in [0.2, 0.25) is 0 Å². The van der Waals surface area contributed by atoms with Gasteiger partial charge in [-0.1, -0.05) is 6.92 Å². The van der Waals surface area contributed by atoms with Gasteiger partial charge in [0.05, 0.1) is 13.2 Å². The van der Waals surface area contributed by atoms with Crippen molar-refractivity contribution < 1.29 is 9.47 Å². The van der Waals surface area contributed by atoms with Crippen LogP contribution in [-0.2, 0) is 6.42 Å². The third-order valence-electron chi connectivity index (χ3n) is 4.83. The van der Waals surface area contributed by atoms with Crippen LogP contribution in [0.3, 0.4) is 0 Å². The highest BCUT2D eigenvalue weighted by Gasteiger charge is 2.42. The molecule has 0 amide bonds. The second-order valence-corrected chi connectivity index (χ2v) is 6.10. The molecule has 1 fully saturated rings. The molecule has 0 saturated carbocycles. The van der Waals surface area contributed by atoms with Crippen molar-refractivity contribution in [3.8, 4) is 11.5 Å². The van der Waals surface area contributed by atoms with E-state index in [1.165, 1.54) is 10.9 Å². The molecule has 3 atom stereocenters. The van der Waals surface area contributed by atoms with Crippen molar-refractivity contribution in [2.24, 2.45) is 5.92 Å². The number of benzene rings is 1. The fraction of sp³-hybridized carbons (Fsp3) is 0.500. The number of aromatic nitrogens is 1. The summed E-state index contributed by atoms with van der Waals surface area (Å²) in [5.41, 5.74) is 2.47. The van der Waals surface area contributed by atoms with Crippen LogP contribution in [0.4, 0.5) is 0 Å². The van der Waals surface area contributed by atoms with Gasteiger partial charge >= 0.3 is 0 Å². The number of aromatic amines is 1. The Hall–Kier alpha value is -1.68. The average Bonchev–Trinajstić information content (AvgIpc) is 2.88. The minimum atomic E-state index is 0.242. The summed E-state index contributed by atoms with van der Waals surface area (Å²) in [6, 6.07) is 4.50. The third-order valence-corrected chi connectivity index (χ3v) is 4.83. The van der Waals surface area contributed by atoms with E-state index < -0.39 is 0 Å². The summed E-state index contributed by atoms with van der Waals surface area (Å²) in [7, 11) is 3.90. The minimum Gasteiger partial charge on any atom is -0.493 e. The Balaban J connectivity index is 1.92. The van der Waals surface area contributed by atoms with E-state index >= 15 is 0 Å². The van der Waals surface area contributed by atoms with Crippen LogP contribution in [-0.4, -0.2) is 42.7 Å². The lowest BCUT2D eigenvalue weighted by atomic mass is 9.99. The molecule has 1 aromatic heterocycles. The normalized spacial score (nSPS) is 29.1. The van der Waals surface area contributed by atoms with Crippen molar-refractivity contribution >= 4 is 10.9 Å². The highest BCUT2D eigenvalue weighted by atomic mass is 16.5. The number of likely N-dealkylation sites (N-methyl/N-ethyl adjacent to an activating group) is 1. The van der Waals surface area contributed by atoms with Crippen molar-refractivity contribution in [3.05, 3.63) is 23.9 Å². The Kier molecular flexibility index (Phi) is 2.51. The zero-order chi connectivity index (χ0) is 13.9. The van der Waals surface area contributed by atoms with Gasteiger partial charge in [-0.2, -0.15) is 0 Å². The minimum absolute atomic E-state index is 0.242. The quantitative estimate of drug-likeness (QED) is 0.866. The monoisotopic (exact) mass is 272 g/mol. The van der Waals surface area contributed by atoms with Crippen LogP contribution in [0.25, 0.3) is 10.9 Å². The number of nitrogens with zero attached hydrogens (tertiary/aromatic N) is 1. The number of fused-ring (bicyclic) bond motifs is 1. The zero-order valence-electron chi connectivity index (χ0n) is 12.1. The zero-order valence-corrected chi connectivity index (χ0v) is 12.1. The SMILES string of the molecule is COc1ccc2[nH]cc3c2c1O[C@@H]1[C@@H](C3)N(C)C[C@@H]1C. The molecule has 0 bridgehead atoms. The van der Waals surface area contributed by atoms with E-state index in [-0.39, 0.29) is 6.10 Å². The summed E-state index contributed by atoms with van der Waals surface area (Å²) in [4.78, 5) is 5.77. The van der Waals surface area contributed by atoms with E-state index in [9.17, 15) is 0 Å². The number of likely N-dealkylation sites (tertiary alicyclic amines) is 1. The van der Waals surface area contributed by atoms with Gasteiger partial charge in [0.25, 0.3) is 0 Å². The lowest BCUT2D eigenvalue weighted by Gasteiger charge is -2.24. The summed E-state index contributed by atoms with van der Waals surface area (Å²) >= 11 is 0. The molecule has 106 valence electrons. The van der Waals surface area contributed by atoms with Crippen LogP contribution in [0, 0.1) is 5.92 Å². The highest BCUT2D eigenvalue weighted by molar-refractivity contribution is 5.92. The number of methoxy groups -OCH3 is 1. The van der Waals surface area contributed by atoms with Gasteiger partial charge in [-0.3, -0.25) is 4.90 Å². The van der Waals surface area contributed by atoms with E-state index in [1.807, 2.05) is 6.07 Å². The molecular weight excluding hydrogens is 252 g/mol. The predicted molar refractivity (Wildman–Crippen MR) is 78.6 cm³/mol. The number of rotatable bonds is 1. The maximum Gasteiger partial charge on any atom is 0.171 e. The molecule has 4 heteroatoms. The van der Waals surface area contributed by atoms with E-state index in [0.717, 1.165) is 30.0 Å². The molecule has 2 aliphatic rings. The molecule has 1 saturated heterocycles. The second kappa shape index (κ2) is 4.16. The van der Waals surface area contributed by atoms with E-state index in [1.54, 1.807) is 7.11 Å². The summed E-state index contributed by atoms with van der Waals surface area (Å²) in [6.07, 6.45) is 3.40. The summed E-state index contributed by atoms with van der Waals surface area (Å²) in [5.74, 6) is 2.29. The molecule has 0 spiro atoms. The first-order chi connectivity index (χ1) is 9.69. The molecule has 20 heavy (non-hydrogen) atoms. The van der Waals surface area contributed by atoms with Crippen LogP contribution in [0.1, 0.15) is 12.5 Å². The third kappa shape index (κ3) is 1.51. The van der Waals surface area contributed by atoms with Crippen LogP contribution in [0.15, 0.2) is 18.3 Å². The number of nitrogens with one attached hydrogen (secondary N) is 1. The van der Waals surface area contributed by atoms with Crippen LogP contribution in [0.5, 0.6) is 11.5 Å². The first-order valence-electron chi connectivity index (χ1n) is 7.23. The maximum atomic E-state index is 6.43. The fourth-order valence-corrected chi connectivity index (χ4v) is 3.83. The molecule has 1 N–H and O–H groups in total. The average molecular weight is 272 g/mol. The lowest BCUT2D eigenvalue weighted by Crippen LogP contribution is -2.37. The molecule has 0 radical (unpaired) electrons. The van der Waals surface area contributed by atoms with Gasteiger partial charge in [-0.15, -0.1) is 0 Å². The molecule has 4 nitrogen and oxygen atoms in total. The molecular formula is C16H20N2O2. The van der Waals surface area contributed by atoms with Crippen molar-refractivity contribution in [1.82, 2.24) is 9.88 Å². The summed E-state index contributed by atoms with van der Waals surface area (Å²) in [6.45, 7) is 3.36. The Morgan fingerprint density at radius 1 is 1.40 bits per heavy atom. The first kappa shape index (κ1) is 12.1. The van der Waals surface area contributed by atoms with E-state index in [4.69, 9.17) is 9.47 Å². The second-order valence-electron chi connectivity index (χ2n) is 6.10. The molecule has 2 aliphatic heterocycles. The number of hydrogen-bond acceptors (Lipinski definition) is 3. The fourth-order valence-electron chi connectivity index (χ4n) is 3.83. The number of H-pyrrole nitrogens is 1. The Labute approximate surface area is 118 Å². The Morgan fingerprint density at radius 3 is 3.05 bits per heavy atom. The standard InChI is InChI=1S/C16H20N2O2/c1-9-8-18(2)12-6-10-7-17-11-4-5-13(19-3)16(14(10)11)20-15(9)12/h4-5,7,9,12,15,17H,6,8H2,1-3H3/t9-,12+,15-/m0/s1. The van der Waals surface area contributed by atoms with Gasteiger partial charge in [0, 0.05) is 29.6 Å². The molecule has 1 aromatic carbocycles. The van der Waals surface area contributed by atoms with Crippen molar-refractivity contribution in [2.45, 2.75) is 25.5 Å². The topological polar surface area (TPSA) is 37.5 Å². The molecule has 4 rings (SSSR count). The Bertz CT molecular complexity index is 664. The van der Waals surface area contributed by atoms with Crippen molar-refractivity contribution in [1.29, 1.82) is 0 Å². The van der Waals surface area contributed by atoms with E-state index in [0.29, 0.717) is 12.0 Å². The van der Waals surface area contributed by atoms with Gasteiger partial charge in [0.2, 0.25) is 0 Å². The van der Waals surface area contributed by atoms with Crippen LogP contribution >= 0.6 is 0 Å².